The molecule has 0 bridgehead atoms. The molecule has 156 valence electrons. The fourth-order valence-electron chi connectivity index (χ4n) is 4.21. The van der Waals surface area contributed by atoms with Crippen molar-refractivity contribution in [2.24, 2.45) is 0 Å². The Labute approximate surface area is 190 Å². The molecule has 0 fully saturated rings. The molecule has 0 saturated carbocycles. The molecule has 0 aliphatic rings. The monoisotopic (exact) mass is 414 g/mol. The summed E-state index contributed by atoms with van der Waals surface area (Å²) in [7, 11) is 0. The molecule has 1 nitrogen and oxygen atoms in total. The van der Waals surface area contributed by atoms with Gasteiger partial charge in [-0.15, -0.1) is 0 Å². The first-order chi connectivity index (χ1) is 15.7. The van der Waals surface area contributed by atoms with Crippen molar-refractivity contribution in [3.05, 3.63) is 121 Å². The van der Waals surface area contributed by atoms with Crippen LogP contribution in [0.4, 0.5) is 0 Å². The number of hydrogen-bond donors (Lipinski definition) is 0. The van der Waals surface area contributed by atoms with Gasteiger partial charge in [-0.25, -0.2) is 0 Å². The van der Waals surface area contributed by atoms with Crippen LogP contribution in [0.1, 0.15) is 25.3 Å². The van der Waals surface area contributed by atoms with E-state index in [2.05, 4.69) is 123 Å². The zero-order valence-electron chi connectivity index (χ0n) is 18.5. The van der Waals surface area contributed by atoms with Gasteiger partial charge < -0.3 is 4.42 Å². The van der Waals surface area contributed by atoms with Crippen LogP contribution in [0.25, 0.3) is 44.9 Å². The van der Waals surface area contributed by atoms with Crippen molar-refractivity contribution < 1.29 is 4.42 Å². The van der Waals surface area contributed by atoms with Crippen molar-refractivity contribution in [3.8, 4) is 44.9 Å². The standard InChI is InChI=1S/C31H26O/c1-22(2)23-18-20-27(21-19-23)31-29(25-14-8-4-9-15-25)28(24-12-6-3-7-13-24)30(32-31)26-16-10-5-11-17-26/h3-22H,1-2H3. The second-order valence-electron chi connectivity index (χ2n) is 8.39. The molecule has 0 N–H and O–H groups in total. The average molecular weight is 415 g/mol. The molecule has 1 aromatic heterocycles. The number of furan rings is 1. The third-order valence-corrected chi connectivity index (χ3v) is 5.91. The Kier molecular flexibility index (Phi) is 5.47. The molecule has 4 aromatic carbocycles. The molecule has 0 spiro atoms. The lowest BCUT2D eigenvalue weighted by atomic mass is 9.91. The van der Waals surface area contributed by atoms with E-state index in [1.54, 1.807) is 0 Å². The first-order valence-corrected chi connectivity index (χ1v) is 11.2. The molecule has 0 amide bonds. The molecule has 0 unspecified atom stereocenters. The molecule has 32 heavy (non-hydrogen) atoms. The molecule has 5 rings (SSSR count). The topological polar surface area (TPSA) is 13.1 Å². The van der Waals surface area contributed by atoms with Crippen LogP contribution in [-0.4, -0.2) is 0 Å². The molecule has 0 radical (unpaired) electrons. The zero-order chi connectivity index (χ0) is 21.9. The highest BCUT2D eigenvalue weighted by atomic mass is 16.3. The van der Waals surface area contributed by atoms with Crippen molar-refractivity contribution in [2.75, 3.05) is 0 Å². The second kappa shape index (κ2) is 8.72. The Bertz CT molecular complexity index is 1300. The predicted molar refractivity (Wildman–Crippen MR) is 135 cm³/mol. The maximum absolute atomic E-state index is 6.73. The van der Waals surface area contributed by atoms with Crippen LogP contribution in [0.3, 0.4) is 0 Å². The van der Waals surface area contributed by atoms with Crippen molar-refractivity contribution in [2.45, 2.75) is 19.8 Å². The summed E-state index contributed by atoms with van der Waals surface area (Å²) in [6, 6.07) is 40.3. The fraction of sp³-hybridized carbons (Fsp3) is 0.0968. The summed E-state index contributed by atoms with van der Waals surface area (Å²) in [5, 5.41) is 0. The lowest BCUT2D eigenvalue weighted by molar-refractivity contribution is 0.598. The Morgan fingerprint density at radius 3 is 1.22 bits per heavy atom. The predicted octanol–water partition coefficient (Wildman–Crippen LogP) is 9.07. The summed E-state index contributed by atoms with van der Waals surface area (Å²) < 4.78 is 6.73. The van der Waals surface area contributed by atoms with Crippen molar-refractivity contribution in [1.82, 2.24) is 0 Å². The van der Waals surface area contributed by atoms with Crippen molar-refractivity contribution >= 4 is 0 Å². The first kappa shape index (κ1) is 20.1. The van der Waals surface area contributed by atoms with Crippen LogP contribution in [0.15, 0.2) is 120 Å². The molecule has 1 heterocycles. The largest absolute Gasteiger partial charge is 0.455 e. The molecule has 0 aliphatic heterocycles. The van der Waals surface area contributed by atoms with Crippen molar-refractivity contribution in [1.29, 1.82) is 0 Å². The van der Waals surface area contributed by atoms with Gasteiger partial charge in [-0.05, 0) is 22.6 Å². The van der Waals surface area contributed by atoms with Gasteiger partial charge in [0.1, 0.15) is 11.5 Å². The van der Waals surface area contributed by atoms with E-state index >= 15 is 0 Å². The van der Waals surface area contributed by atoms with E-state index in [-0.39, 0.29) is 0 Å². The SMILES string of the molecule is CC(C)c1ccc(-c2oc(-c3ccccc3)c(-c3ccccc3)c2-c2ccccc2)cc1. The van der Waals surface area contributed by atoms with Gasteiger partial charge in [-0.3, -0.25) is 0 Å². The third kappa shape index (κ3) is 3.78. The Morgan fingerprint density at radius 1 is 0.438 bits per heavy atom. The lowest BCUT2D eigenvalue weighted by Gasteiger charge is -2.09. The first-order valence-electron chi connectivity index (χ1n) is 11.2. The van der Waals surface area contributed by atoms with E-state index in [9.17, 15) is 0 Å². The Hall–Kier alpha value is -3.84. The van der Waals surface area contributed by atoms with E-state index in [0.717, 1.165) is 44.9 Å². The highest BCUT2D eigenvalue weighted by molar-refractivity contribution is 5.99. The maximum atomic E-state index is 6.73. The summed E-state index contributed by atoms with van der Waals surface area (Å²) in [4.78, 5) is 0. The minimum atomic E-state index is 0.494. The molecule has 0 atom stereocenters. The highest BCUT2D eigenvalue weighted by Gasteiger charge is 2.24. The third-order valence-electron chi connectivity index (χ3n) is 5.91. The van der Waals surface area contributed by atoms with Gasteiger partial charge in [0.05, 0.1) is 0 Å². The van der Waals surface area contributed by atoms with Gasteiger partial charge in [-0.2, -0.15) is 0 Å². The van der Waals surface area contributed by atoms with Crippen LogP contribution < -0.4 is 0 Å². The van der Waals surface area contributed by atoms with Crippen LogP contribution in [0, 0.1) is 0 Å². The van der Waals surface area contributed by atoms with Crippen LogP contribution >= 0.6 is 0 Å². The van der Waals surface area contributed by atoms with E-state index in [0.29, 0.717) is 5.92 Å². The fourth-order valence-corrected chi connectivity index (χ4v) is 4.21. The van der Waals surface area contributed by atoms with Gasteiger partial charge in [0.25, 0.3) is 0 Å². The molecular formula is C31H26O. The lowest BCUT2D eigenvalue weighted by Crippen LogP contribution is -1.88. The average Bonchev–Trinajstić information content (AvgIpc) is 3.26. The van der Waals surface area contributed by atoms with E-state index < -0.39 is 0 Å². The molecular weight excluding hydrogens is 388 g/mol. The number of benzene rings is 4. The summed E-state index contributed by atoms with van der Waals surface area (Å²) in [6.45, 7) is 4.44. The quantitative estimate of drug-likeness (QED) is 0.279. The maximum Gasteiger partial charge on any atom is 0.143 e. The highest BCUT2D eigenvalue weighted by Crippen LogP contribution is 2.48. The molecule has 0 aliphatic carbocycles. The minimum Gasteiger partial charge on any atom is -0.455 e. The van der Waals surface area contributed by atoms with E-state index in [1.807, 2.05) is 6.07 Å². The van der Waals surface area contributed by atoms with Gasteiger partial charge in [-0.1, -0.05) is 129 Å². The zero-order valence-corrected chi connectivity index (χ0v) is 18.5. The number of hydrogen-bond acceptors (Lipinski definition) is 1. The molecule has 1 heteroatoms. The summed E-state index contributed by atoms with van der Waals surface area (Å²) in [5.41, 5.74) is 8.06. The van der Waals surface area contributed by atoms with Gasteiger partial charge in [0.2, 0.25) is 0 Å². The van der Waals surface area contributed by atoms with Crippen LogP contribution in [0.2, 0.25) is 0 Å². The second-order valence-corrected chi connectivity index (χ2v) is 8.39. The summed E-state index contributed by atoms with van der Waals surface area (Å²) in [6.07, 6.45) is 0. The van der Waals surface area contributed by atoms with E-state index in [1.165, 1.54) is 5.56 Å². The van der Waals surface area contributed by atoms with Crippen LogP contribution in [-0.2, 0) is 0 Å². The van der Waals surface area contributed by atoms with Gasteiger partial charge in [0.15, 0.2) is 0 Å². The Morgan fingerprint density at radius 2 is 0.812 bits per heavy atom. The Balaban J connectivity index is 1.83. The smallest absolute Gasteiger partial charge is 0.143 e. The summed E-state index contributed by atoms with van der Waals surface area (Å²) in [5.74, 6) is 2.30. The van der Waals surface area contributed by atoms with Gasteiger partial charge in [0, 0.05) is 22.3 Å². The molecule has 0 saturated heterocycles. The normalized spacial score (nSPS) is 11.1. The van der Waals surface area contributed by atoms with Crippen molar-refractivity contribution in [3.63, 3.8) is 0 Å². The minimum absolute atomic E-state index is 0.494. The van der Waals surface area contributed by atoms with Gasteiger partial charge >= 0.3 is 0 Å². The molecule has 5 aromatic rings. The number of rotatable bonds is 5. The van der Waals surface area contributed by atoms with Crippen LogP contribution in [0.5, 0.6) is 0 Å². The van der Waals surface area contributed by atoms with E-state index in [4.69, 9.17) is 4.42 Å². The summed E-state index contributed by atoms with van der Waals surface area (Å²) >= 11 is 0.